The summed E-state index contributed by atoms with van der Waals surface area (Å²) >= 11 is 0. The van der Waals surface area contributed by atoms with Crippen molar-refractivity contribution in [1.82, 2.24) is 30.0 Å². The van der Waals surface area contributed by atoms with E-state index < -0.39 is 84.4 Å². The predicted octanol–water partition coefficient (Wildman–Crippen LogP) is 0.524. The van der Waals surface area contributed by atoms with E-state index in [9.17, 15) is 39.4 Å². The summed E-state index contributed by atoms with van der Waals surface area (Å²) in [4.78, 5) is 0. The first kappa shape index (κ1) is 32.9. The monoisotopic (exact) mass is 680 g/mol. The second kappa shape index (κ2) is 14.0. The van der Waals surface area contributed by atoms with Crippen LogP contribution in [0, 0.1) is 11.6 Å². The Morgan fingerprint density at radius 2 is 1.07 bits per heavy atom. The van der Waals surface area contributed by atoms with Crippen LogP contribution in [0.25, 0.3) is 22.5 Å². The molecule has 0 bridgehead atoms. The fourth-order valence-electron chi connectivity index (χ4n) is 5.43. The quantitative estimate of drug-likeness (QED) is 0.134. The van der Waals surface area contributed by atoms with Crippen LogP contribution in [0.4, 0.5) is 8.78 Å². The molecule has 4 heterocycles. The van der Waals surface area contributed by atoms with Crippen molar-refractivity contribution in [3.05, 3.63) is 72.6 Å². The number of benzene rings is 2. The molecule has 2 aromatic heterocycles. The number of aliphatic hydroxyl groups is 6. The molecule has 0 radical (unpaired) electrons. The van der Waals surface area contributed by atoms with E-state index in [-0.39, 0.29) is 11.4 Å². The van der Waals surface area contributed by atoms with E-state index in [1.807, 2.05) is 0 Å². The minimum atomic E-state index is -1.42. The summed E-state index contributed by atoms with van der Waals surface area (Å²) in [6.45, 7) is -1.19. The zero-order valence-corrected chi connectivity index (χ0v) is 25.3. The van der Waals surface area contributed by atoms with Gasteiger partial charge in [0.25, 0.3) is 0 Å². The zero-order chi connectivity index (χ0) is 32.5. The molecule has 2 saturated heterocycles. The first-order chi connectivity index (χ1) is 22.2. The van der Waals surface area contributed by atoms with Crippen LogP contribution < -0.4 is 0 Å². The molecule has 6 N–H and O–H groups in total. The van der Waals surface area contributed by atoms with E-state index in [0.29, 0.717) is 11.1 Å². The molecule has 18 heteroatoms. The molecule has 2 aromatic carbocycles. The summed E-state index contributed by atoms with van der Waals surface area (Å²) in [6.07, 6.45) is -5.06. The van der Waals surface area contributed by atoms with E-state index >= 15 is 0 Å². The number of aliphatic hydroxyl groups excluding tert-OH is 6. The molecule has 0 amide bonds. The Bertz CT molecular complexity index is 1520. The van der Waals surface area contributed by atoms with Gasteiger partial charge in [0.15, 0.2) is 0 Å². The standard InChI is InChI=1S/C28H30F2N6O8S2/c29-15-5-1-3-13(7-15)17-9-35(33-31-17)21-23(39)19(11-37)43-27(25(21)41)45-46-28-26(42)22(24(40)20(12-38)44-28)36-10-18(32-34-36)14-4-2-6-16(30)8-14/h1-10,19-28,37-42H,11-12H2/t19-,20-,21+,22+,23+,24+,25-,26-,27+,28+/m1/s1. The highest BCUT2D eigenvalue weighted by Crippen LogP contribution is 2.45. The van der Waals surface area contributed by atoms with Gasteiger partial charge in [0.1, 0.15) is 82.6 Å². The Morgan fingerprint density at radius 3 is 1.43 bits per heavy atom. The van der Waals surface area contributed by atoms with Gasteiger partial charge in [0.05, 0.1) is 25.6 Å². The molecule has 14 nitrogen and oxygen atoms in total. The average Bonchev–Trinajstić information content (AvgIpc) is 3.73. The normalized spacial score (nSPS) is 31.7. The molecule has 0 spiro atoms. The number of nitrogens with zero attached hydrogens (tertiary/aromatic N) is 6. The smallest absolute Gasteiger partial charge is 0.141 e. The molecule has 0 saturated carbocycles. The number of hydrogen-bond donors (Lipinski definition) is 6. The van der Waals surface area contributed by atoms with Crippen LogP contribution in [0.3, 0.4) is 0 Å². The topological polar surface area (TPSA) is 201 Å². The summed E-state index contributed by atoms with van der Waals surface area (Å²) in [5.41, 5.74) is -0.768. The summed E-state index contributed by atoms with van der Waals surface area (Å²) < 4.78 is 41.5. The Hall–Kier alpha value is -3.04. The number of hydrogen-bond acceptors (Lipinski definition) is 14. The molecule has 246 valence electrons. The fraction of sp³-hybridized carbons (Fsp3) is 0.429. The molecule has 46 heavy (non-hydrogen) atoms. The predicted molar refractivity (Wildman–Crippen MR) is 160 cm³/mol. The summed E-state index contributed by atoms with van der Waals surface area (Å²) in [5.74, 6) is -0.957. The van der Waals surface area contributed by atoms with Gasteiger partial charge in [0, 0.05) is 11.1 Å². The van der Waals surface area contributed by atoms with Crippen molar-refractivity contribution in [3.8, 4) is 22.5 Å². The molecule has 2 fully saturated rings. The van der Waals surface area contributed by atoms with Crippen LogP contribution in [-0.2, 0) is 9.47 Å². The molecular weight excluding hydrogens is 650 g/mol. The van der Waals surface area contributed by atoms with Crippen LogP contribution in [0.15, 0.2) is 60.9 Å². The van der Waals surface area contributed by atoms with Gasteiger partial charge in [-0.15, -0.1) is 10.2 Å². The van der Waals surface area contributed by atoms with Gasteiger partial charge in [-0.25, -0.2) is 18.1 Å². The molecule has 6 rings (SSSR count). The van der Waals surface area contributed by atoms with Crippen LogP contribution in [-0.4, -0.2) is 121 Å². The maximum atomic E-state index is 13.8. The fourth-order valence-corrected chi connectivity index (χ4v) is 8.19. The number of rotatable bonds is 9. The Kier molecular flexibility index (Phi) is 9.99. The van der Waals surface area contributed by atoms with Crippen molar-refractivity contribution in [3.63, 3.8) is 0 Å². The van der Waals surface area contributed by atoms with E-state index in [4.69, 9.17) is 9.47 Å². The summed E-state index contributed by atoms with van der Waals surface area (Å²) in [6, 6.07) is 9.08. The van der Waals surface area contributed by atoms with Crippen molar-refractivity contribution < 1.29 is 48.9 Å². The lowest BCUT2D eigenvalue weighted by Gasteiger charge is -2.43. The van der Waals surface area contributed by atoms with Crippen LogP contribution in [0.5, 0.6) is 0 Å². The number of halogens is 2. The van der Waals surface area contributed by atoms with E-state index in [2.05, 4.69) is 20.6 Å². The van der Waals surface area contributed by atoms with Crippen molar-refractivity contribution in [2.24, 2.45) is 0 Å². The van der Waals surface area contributed by atoms with Gasteiger partial charge >= 0.3 is 0 Å². The molecule has 2 aliphatic rings. The van der Waals surface area contributed by atoms with Crippen molar-refractivity contribution in [1.29, 1.82) is 0 Å². The van der Waals surface area contributed by atoms with Crippen LogP contribution >= 0.6 is 21.6 Å². The van der Waals surface area contributed by atoms with Crippen molar-refractivity contribution in [2.75, 3.05) is 13.2 Å². The minimum Gasteiger partial charge on any atom is -0.394 e. The zero-order valence-electron chi connectivity index (χ0n) is 23.7. The largest absolute Gasteiger partial charge is 0.394 e. The van der Waals surface area contributed by atoms with E-state index in [1.165, 1.54) is 58.2 Å². The second-order valence-corrected chi connectivity index (χ2v) is 13.2. The highest BCUT2D eigenvalue weighted by atomic mass is 33.1. The number of aromatic nitrogens is 6. The van der Waals surface area contributed by atoms with Gasteiger partial charge in [-0.1, -0.05) is 56.3 Å². The van der Waals surface area contributed by atoms with Gasteiger partial charge in [-0.05, 0) is 24.3 Å². The number of ether oxygens (including phenoxy) is 2. The first-order valence-electron chi connectivity index (χ1n) is 14.1. The molecule has 2 aliphatic heterocycles. The third-order valence-electron chi connectivity index (χ3n) is 7.81. The third kappa shape index (κ3) is 6.55. The third-order valence-corrected chi connectivity index (χ3v) is 10.6. The maximum Gasteiger partial charge on any atom is 0.141 e. The van der Waals surface area contributed by atoms with Gasteiger partial charge in [-0.2, -0.15) is 0 Å². The second-order valence-electron chi connectivity index (χ2n) is 10.8. The highest BCUT2D eigenvalue weighted by molar-refractivity contribution is 8.77. The molecule has 10 atom stereocenters. The van der Waals surface area contributed by atoms with Gasteiger partial charge < -0.3 is 40.1 Å². The summed E-state index contributed by atoms with van der Waals surface area (Å²) in [5, 5.41) is 80.5. The van der Waals surface area contributed by atoms with E-state index in [0.717, 1.165) is 21.6 Å². The lowest BCUT2D eigenvalue weighted by Crippen LogP contribution is -2.56. The minimum absolute atomic E-state index is 0.288. The first-order valence-corrected chi connectivity index (χ1v) is 16.4. The SMILES string of the molecule is OC[C@H]1O[C@@H](SS[C@@H]2O[C@H](CO)[C@H](O)[C@H](n3cc(-c4cccc(F)c4)nn3)[C@H]2O)[C@H](O)[C@@H](n2cc(-c3cccc(F)c3)nn2)[C@H]1O. The van der Waals surface area contributed by atoms with Crippen molar-refractivity contribution in [2.45, 2.75) is 59.6 Å². The molecule has 0 unspecified atom stereocenters. The Morgan fingerprint density at radius 1 is 0.652 bits per heavy atom. The van der Waals surface area contributed by atoms with Crippen LogP contribution in [0.1, 0.15) is 12.1 Å². The Balaban J connectivity index is 1.19. The Labute approximate surface area is 268 Å². The molecule has 4 aromatic rings. The lowest BCUT2D eigenvalue weighted by molar-refractivity contribution is -0.179. The summed E-state index contributed by atoms with van der Waals surface area (Å²) in [7, 11) is 1.86. The molecule has 0 aliphatic carbocycles. The lowest BCUT2D eigenvalue weighted by atomic mass is 9.97. The maximum absolute atomic E-state index is 13.8. The van der Waals surface area contributed by atoms with Gasteiger partial charge in [0.2, 0.25) is 0 Å². The highest BCUT2D eigenvalue weighted by Gasteiger charge is 2.49. The van der Waals surface area contributed by atoms with Crippen LogP contribution in [0.2, 0.25) is 0 Å². The average molecular weight is 681 g/mol. The van der Waals surface area contributed by atoms with Crippen molar-refractivity contribution >= 4 is 21.6 Å². The van der Waals surface area contributed by atoms with E-state index in [1.54, 1.807) is 12.1 Å². The molecular formula is C28H30F2N6O8S2. The van der Waals surface area contributed by atoms with Gasteiger partial charge in [-0.3, -0.25) is 0 Å².